The molecule has 4 rings (SSSR count). The van der Waals surface area contributed by atoms with Gasteiger partial charge in [-0.2, -0.15) is 5.10 Å². The number of nitrogens with zero attached hydrogens (tertiary/aromatic N) is 3. The van der Waals surface area contributed by atoms with Crippen LogP contribution in [0.4, 0.5) is 0 Å². The van der Waals surface area contributed by atoms with E-state index in [1.807, 2.05) is 35.2 Å². The van der Waals surface area contributed by atoms with Crippen molar-refractivity contribution < 1.29 is 9.59 Å². The lowest BCUT2D eigenvalue weighted by Crippen LogP contribution is -2.40. The van der Waals surface area contributed by atoms with Crippen LogP contribution in [0.5, 0.6) is 0 Å². The van der Waals surface area contributed by atoms with E-state index < -0.39 is 0 Å². The molecule has 1 saturated heterocycles. The number of fused-ring (bicyclic) bond motifs is 1. The maximum absolute atomic E-state index is 12.9. The van der Waals surface area contributed by atoms with Crippen molar-refractivity contribution in [3.05, 3.63) is 35.9 Å². The summed E-state index contributed by atoms with van der Waals surface area (Å²) >= 11 is 0. The first kappa shape index (κ1) is 15.4. The van der Waals surface area contributed by atoms with E-state index >= 15 is 0 Å². The molecule has 3 aliphatic rings. The molecule has 1 aromatic carbocycles. The van der Waals surface area contributed by atoms with Gasteiger partial charge in [0, 0.05) is 19.5 Å². The van der Waals surface area contributed by atoms with Gasteiger partial charge >= 0.3 is 0 Å². The molecule has 1 aromatic rings. The highest BCUT2D eigenvalue weighted by Crippen LogP contribution is 2.41. The highest BCUT2D eigenvalue weighted by atomic mass is 16.2. The Morgan fingerprint density at radius 2 is 1.83 bits per heavy atom. The Labute approximate surface area is 142 Å². The molecule has 0 aromatic heterocycles. The zero-order valence-electron chi connectivity index (χ0n) is 14.0. The summed E-state index contributed by atoms with van der Waals surface area (Å²) in [6, 6.07) is 10.1. The molecule has 0 radical (unpaired) electrons. The predicted molar refractivity (Wildman–Crippen MR) is 91.2 cm³/mol. The van der Waals surface area contributed by atoms with Crippen LogP contribution in [-0.4, -0.2) is 40.0 Å². The third-order valence-corrected chi connectivity index (χ3v) is 5.56. The van der Waals surface area contributed by atoms with Crippen molar-refractivity contribution in [2.75, 3.05) is 6.54 Å². The van der Waals surface area contributed by atoms with Gasteiger partial charge in [-0.15, -0.1) is 0 Å². The minimum Gasteiger partial charge on any atom is -0.334 e. The number of carbonyl (C=O) groups is 2. The first-order chi connectivity index (χ1) is 11.7. The van der Waals surface area contributed by atoms with Crippen LogP contribution in [0.15, 0.2) is 35.4 Å². The Balaban J connectivity index is 1.65. The fraction of sp³-hybridized carbons (Fsp3) is 0.526. The maximum atomic E-state index is 12.9. The van der Waals surface area contributed by atoms with E-state index in [-0.39, 0.29) is 23.8 Å². The van der Waals surface area contributed by atoms with Crippen molar-refractivity contribution in [2.45, 2.75) is 51.1 Å². The Morgan fingerprint density at radius 1 is 1.12 bits per heavy atom. The van der Waals surface area contributed by atoms with Gasteiger partial charge in [-0.05, 0) is 18.4 Å². The van der Waals surface area contributed by atoms with Crippen LogP contribution < -0.4 is 0 Å². The molecule has 0 spiro atoms. The van der Waals surface area contributed by atoms with Crippen LogP contribution in [0, 0.1) is 5.92 Å². The number of rotatable bonds is 2. The Morgan fingerprint density at radius 3 is 2.50 bits per heavy atom. The number of hydrogen-bond donors (Lipinski definition) is 0. The molecule has 5 nitrogen and oxygen atoms in total. The summed E-state index contributed by atoms with van der Waals surface area (Å²) in [5, 5.41) is 5.95. The number of likely N-dealkylation sites (tertiary alicyclic amines) is 1. The van der Waals surface area contributed by atoms with Crippen LogP contribution >= 0.6 is 0 Å². The number of hydrazone groups is 1. The second kappa shape index (κ2) is 6.04. The molecule has 0 N–H and O–H groups in total. The monoisotopic (exact) mass is 325 g/mol. The molecular weight excluding hydrogens is 302 g/mol. The third kappa shape index (κ3) is 2.43. The van der Waals surface area contributed by atoms with E-state index in [2.05, 4.69) is 5.10 Å². The highest BCUT2D eigenvalue weighted by molar-refractivity contribution is 6.42. The Kier molecular flexibility index (Phi) is 3.87. The molecule has 2 amide bonds. The molecule has 0 unspecified atom stereocenters. The van der Waals surface area contributed by atoms with E-state index in [4.69, 9.17) is 0 Å². The number of carbonyl (C=O) groups excluding carboxylic acids is 2. The Hall–Kier alpha value is -2.17. The van der Waals surface area contributed by atoms with Gasteiger partial charge in [0.15, 0.2) is 0 Å². The van der Waals surface area contributed by atoms with E-state index in [9.17, 15) is 9.59 Å². The Bertz CT molecular complexity index is 679. The summed E-state index contributed by atoms with van der Waals surface area (Å²) in [4.78, 5) is 27.0. The van der Waals surface area contributed by atoms with E-state index in [1.165, 1.54) is 31.2 Å². The quantitative estimate of drug-likeness (QED) is 0.839. The molecule has 24 heavy (non-hydrogen) atoms. The van der Waals surface area contributed by atoms with Crippen molar-refractivity contribution in [2.24, 2.45) is 11.0 Å². The number of amides is 2. The summed E-state index contributed by atoms with van der Waals surface area (Å²) in [6.07, 6.45) is 5.87. The second-order valence-corrected chi connectivity index (χ2v) is 7.06. The van der Waals surface area contributed by atoms with Crippen LogP contribution in [0.1, 0.15) is 50.6 Å². The van der Waals surface area contributed by atoms with Crippen molar-refractivity contribution in [1.29, 1.82) is 0 Å². The lowest BCUT2D eigenvalue weighted by atomic mass is 9.91. The molecule has 126 valence electrons. The molecule has 0 bridgehead atoms. The van der Waals surface area contributed by atoms with Crippen LogP contribution in [-0.2, 0) is 9.59 Å². The first-order valence-electron chi connectivity index (χ1n) is 8.91. The van der Waals surface area contributed by atoms with E-state index in [0.717, 1.165) is 18.4 Å². The van der Waals surface area contributed by atoms with E-state index in [1.54, 1.807) is 0 Å². The number of hydrogen-bond acceptors (Lipinski definition) is 3. The fourth-order valence-electron chi connectivity index (χ4n) is 4.40. The summed E-state index contributed by atoms with van der Waals surface area (Å²) in [7, 11) is 0. The van der Waals surface area contributed by atoms with Crippen molar-refractivity contribution in [3.63, 3.8) is 0 Å². The fourth-order valence-corrected chi connectivity index (χ4v) is 4.40. The summed E-state index contributed by atoms with van der Waals surface area (Å²) in [5.74, 6) is -0.0786. The number of benzene rings is 1. The lowest BCUT2D eigenvalue weighted by molar-refractivity contribution is -0.131. The van der Waals surface area contributed by atoms with E-state index in [0.29, 0.717) is 18.3 Å². The summed E-state index contributed by atoms with van der Waals surface area (Å²) < 4.78 is 0. The normalized spacial score (nSPS) is 27.4. The van der Waals surface area contributed by atoms with Gasteiger partial charge < -0.3 is 4.90 Å². The lowest BCUT2D eigenvalue weighted by Gasteiger charge is -2.32. The van der Waals surface area contributed by atoms with Gasteiger partial charge in [-0.3, -0.25) is 9.59 Å². The molecule has 2 atom stereocenters. The predicted octanol–water partition coefficient (Wildman–Crippen LogP) is 2.74. The van der Waals surface area contributed by atoms with Gasteiger partial charge in [0.25, 0.3) is 5.91 Å². The van der Waals surface area contributed by atoms with Crippen LogP contribution in [0.2, 0.25) is 0 Å². The van der Waals surface area contributed by atoms with Gasteiger partial charge in [0.1, 0.15) is 5.71 Å². The van der Waals surface area contributed by atoms with Gasteiger partial charge in [0.2, 0.25) is 5.91 Å². The molecule has 1 saturated carbocycles. The second-order valence-electron chi connectivity index (χ2n) is 7.06. The van der Waals surface area contributed by atoms with Gasteiger partial charge in [0.05, 0.1) is 12.0 Å². The average molecular weight is 325 g/mol. The zero-order chi connectivity index (χ0) is 16.7. The average Bonchev–Trinajstić information content (AvgIpc) is 3.14. The molecule has 2 heterocycles. The third-order valence-electron chi connectivity index (χ3n) is 5.56. The molecule has 2 fully saturated rings. The molecule has 5 heteroatoms. The smallest absolute Gasteiger partial charge is 0.270 e. The largest absolute Gasteiger partial charge is 0.334 e. The topological polar surface area (TPSA) is 53.0 Å². The highest BCUT2D eigenvalue weighted by Gasteiger charge is 2.51. The SMILES string of the molecule is CC(=O)N1N=C2C(=O)N(C3CCCCC3)C[C@H]2[C@@H]1c1ccccc1. The van der Waals surface area contributed by atoms with Gasteiger partial charge in [-0.1, -0.05) is 49.6 Å². The van der Waals surface area contributed by atoms with Crippen LogP contribution in [0.25, 0.3) is 0 Å². The minimum atomic E-state index is -0.156. The van der Waals surface area contributed by atoms with Crippen molar-refractivity contribution in [3.8, 4) is 0 Å². The minimum absolute atomic E-state index is 0.00859. The standard InChI is InChI=1S/C19H23N3O2/c1-13(23)22-18(14-8-4-2-5-9-14)16-12-21(19(24)17(16)20-22)15-10-6-3-7-11-15/h2,4-5,8-9,15-16,18H,3,6-7,10-12H2,1H3/t16-,18+/m1/s1. The van der Waals surface area contributed by atoms with Crippen molar-refractivity contribution in [1.82, 2.24) is 9.91 Å². The first-order valence-corrected chi connectivity index (χ1v) is 8.91. The molecular formula is C19H23N3O2. The molecule has 1 aliphatic carbocycles. The summed E-state index contributed by atoms with van der Waals surface area (Å²) in [5.41, 5.74) is 1.62. The van der Waals surface area contributed by atoms with Gasteiger partial charge in [-0.25, -0.2) is 5.01 Å². The van der Waals surface area contributed by atoms with Crippen LogP contribution in [0.3, 0.4) is 0 Å². The zero-order valence-corrected chi connectivity index (χ0v) is 14.0. The molecule has 2 aliphatic heterocycles. The maximum Gasteiger partial charge on any atom is 0.270 e. The van der Waals surface area contributed by atoms with Crippen molar-refractivity contribution >= 4 is 17.5 Å². The summed E-state index contributed by atoms with van der Waals surface area (Å²) in [6.45, 7) is 2.20.